The van der Waals surface area contributed by atoms with Gasteiger partial charge in [-0.1, -0.05) is 17.4 Å². The molecule has 2 aromatic carbocycles. The number of sulfone groups is 1. The largest absolute Gasteiger partial charge is 0.383 e. The minimum Gasteiger partial charge on any atom is -0.383 e. The Morgan fingerprint density at radius 3 is 2.68 bits per heavy atom. The number of methoxy groups -OCH3 is 1. The minimum absolute atomic E-state index is 0.00901. The fourth-order valence-corrected chi connectivity index (χ4v) is 4.38. The number of thiazole rings is 1. The van der Waals surface area contributed by atoms with Crippen molar-refractivity contribution in [3.63, 3.8) is 0 Å². The zero-order valence-corrected chi connectivity index (χ0v) is 16.6. The molecule has 10 heteroatoms. The molecule has 0 unspecified atom stereocenters. The number of benzene rings is 2. The number of aromatic nitrogens is 1. The van der Waals surface area contributed by atoms with Crippen LogP contribution >= 0.6 is 11.3 Å². The number of rotatable bonds is 5. The molecule has 0 atom stereocenters. The quantitative estimate of drug-likeness (QED) is 0.629. The summed E-state index contributed by atoms with van der Waals surface area (Å²) in [5, 5.41) is 0. The van der Waals surface area contributed by atoms with E-state index in [0.29, 0.717) is 4.70 Å². The van der Waals surface area contributed by atoms with Crippen molar-refractivity contribution in [1.82, 2.24) is 4.57 Å². The number of nitrogens with zero attached hydrogens (tertiary/aromatic N) is 2. The third-order valence-corrected chi connectivity index (χ3v) is 6.06. The van der Waals surface area contributed by atoms with Crippen LogP contribution in [0.4, 0.5) is 8.78 Å². The number of amides is 1. The summed E-state index contributed by atoms with van der Waals surface area (Å²) in [5.74, 6) is -2.19. The summed E-state index contributed by atoms with van der Waals surface area (Å²) in [4.78, 5) is 16.7. The Morgan fingerprint density at radius 2 is 2.00 bits per heavy atom. The molecule has 0 fully saturated rings. The number of ether oxygens (including phenoxy) is 1. The molecule has 6 nitrogen and oxygen atoms in total. The van der Waals surface area contributed by atoms with Gasteiger partial charge in [-0.25, -0.2) is 17.2 Å². The van der Waals surface area contributed by atoms with Crippen LogP contribution in [-0.2, 0) is 21.1 Å². The van der Waals surface area contributed by atoms with Gasteiger partial charge in [-0.3, -0.25) is 4.79 Å². The second-order valence-corrected chi connectivity index (χ2v) is 9.01. The van der Waals surface area contributed by atoms with E-state index in [2.05, 4.69) is 4.99 Å². The maximum absolute atomic E-state index is 14.3. The Kier molecular flexibility index (Phi) is 5.73. The predicted molar refractivity (Wildman–Crippen MR) is 101 cm³/mol. The van der Waals surface area contributed by atoms with E-state index >= 15 is 0 Å². The van der Waals surface area contributed by atoms with Crippen molar-refractivity contribution < 1.29 is 26.7 Å². The molecule has 3 aromatic rings. The summed E-state index contributed by atoms with van der Waals surface area (Å²) in [7, 11) is -2.01. The first-order valence-corrected chi connectivity index (χ1v) is 10.8. The van der Waals surface area contributed by atoms with Gasteiger partial charge in [0, 0.05) is 31.5 Å². The van der Waals surface area contributed by atoms with Crippen LogP contribution < -0.4 is 4.80 Å². The Labute approximate surface area is 163 Å². The van der Waals surface area contributed by atoms with E-state index in [9.17, 15) is 22.0 Å². The molecule has 28 heavy (non-hydrogen) atoms. The summed E-state index contributed by atoms with van der Waals surface area (Å²) in [5.41, 5.74) is 0.199. The molecule has 3 rings (SSSR count). The van der Waals surface area contributed by atoms with Crippen LogP contribution in [0, 0.1) is 11.6 Å². The van der Waals surface area contributed by atoms with Gasteiger partial charge in [-0.15, -0.1) is 0 Å². The fraction of sp³-hybridized carbons (Fsp3) is 0.222. The lowest BCUT2D eigenvalue weighted by atomic mass is 10.2. The van der Waals surface area contributed by atoms with Gasteiger partial charge in [-0.2, -0.15) is 4.99 Å². The van der Waals surface area contributed by atoms with Crippen molar-refractivity contribution in [2.45, 2.75) is 11.4 Å². The number of carbonyl (C=O) groups excluding carboxylic acids is 1. The number of fused-ring (bicyclic) bond motifs is 1. The van der Waals surface area contributed by atoms with E-state index in [1.165, 1.54) is 42.0 Å². The van der Waals surface area contributed by atoms with E-state index in [1.54, 1.807) is 0 Å². The Bertz CT molecular complexity index is 1230. The molecule has 0 N–H and O–H groups in total. The Morgan fingerprint density at radius 1 is 1.25 bits per heavy atom. The van der Waals surface area contributed by atoms with Crippen LogP contribution in [0.3, 0.4) is 0 Å². The van der Waals surface area contributed by atoms with Gasteiger partial charge in [0.2, 0.25) is 0 Å². The second-order valence-electron chi connectivity index (χ2n) is 5.98. The van der Waals surface area contributed by atoms with Crippen molar-refractivity contribution >= 4 is 37.3 Å². The summed E-state index contributed by atoms with van der Waals surface area (Å²) < 4.78 is 58.0. The van der Waals surface area contributed by atoms with Gasteiger partial charge in [0.15, 0.2) is 20.5 Å². The normalized spacial score (nSPS) is 12.6. The third kappa shape index (κ3) is 4.18. The molecular weight excluding hydrogens is 410 g/mol. The highest BCUT2D eigenvalue weighted by atomic mass is 32.2. The average Bonchev–Trinajstić information content (AvgIpc) is 2.96. The molecule has 0 saturated heterocycles. The molecule has 0 bridgehead atoms. The van der Waals surface area contributed by atoms with Gasteiger partial charge in [-0.05, 0) is 24.3 Å². The van der Waals surface area contributed by atoms with Crippen molar-refractivity contribution in [2.75, 3.05) is 20.0 Å². The maximum Gasteiger partial charge on any atom is 0.279 e. The second kappa shape index (κ2) is 7.90. The minimum atomic E-state index is -3.49. The molecule has 1 amide bonds. The summed E-state index contributed by atoms with van der Waals surface area (Å²) in [6, 6.07) is 7.42. The van der Waals surface area contributed by atoms with Crippen LogP contribution in [0.1, 0.15) is 10.4 Å². The lowest BCUT2D eigenvalue weighted by Gasteiger charge is -2.05. The number of hydrogen-bond donors (Lipinski definition) is 0. The maximum atomic E-state index is 14.3. The lowest BCUT2D eigenvalue weighted by molar-refractivity contribution is 0.0997. The summed E-state index contributed by atoms with van der Waals surface area (Å²) in [6.45, 7) is 0.433. The van der Waals surface area contributed by atoms with E-state index in [1.807, 2.05) is 0 Å². The highest BCUT2D eigenvalue weighted by molar-refractivity contribution is 7.90. The standard InChI is InChI=1S/C18H16F2N2O4S2/c1-26-7-6-22-16-14(20)9-12(19)10-15(16)27-18(22)21-17(23)11-4-3-5-13(8-11)28(2,24)25/h3-5,8-10H,6-7H2,1-2H3. The molecule has 1 aromatic heterocycles. The van der Waals surface area contributed by atoms with E-state index < -0.39 is 27.4 Å². The van der Waals surface area contributed by atoms with Gasteiger partial charge < -0.3 is 9.30 Å². The molecule has 0 spiro atoms. The van der Waals surface area contributed by atoms with E-state index in [0.717, 1.165) is 23.7 Å². The first-order valence-electron chi connectivity index (χ1n) is 8.07. The van der Waals surface area contributed by atoms with Crippen molar-refractivity contribution in [1.29, 1.82) is 0 Å². The first kappa shape index (κ1) is 20.3. The highest BCUT2D eigenvalue weighted by Crippen LogP contribution is 2.22. The predicted octanol–water partition coefficient (Wildman–Crippen LogP) is 2.77. The van der Waals surface area contributed by atoms with Crippen LogP contribution in [0.5, 0.6) is 0 Å². The Balaban J connectivity index is 2.15. The highest BCUT2D eigenvalue weighted by Gasteiger charge is 2.15. The molecular formula is C18H16F2N2O4S2. The third-order valence-electron chi connectivity index (χ3n) is 3.92. The van der Waals surface area contributed by atoms with Gasteiger partial charge in [0.1, 0.15) is 5.82 Å². The molecule has 148 valence electrons. The lowest BCUT2D eigenvalue weighted by Crippen LogP contribution is -2.20. The average molecular weight is 426 g/mol. The van der Waals surface area contributed by atoms with Crippen LogP contribution in [0.2, 0.25) is 0 Å². The van der Waals surface area contributed by atoms with Gasteiger partial charge >= 0.3 is 0 Å². The number of hydrogen-bond acceptors (Lipinski definition) is 5. The van der Waals surface area contributed by atoms with Crippen molar-refractivity contribution in [3.8, 4) is 0 Å². The molecule has 0 aliphatic rings. The molecule has 0 aliphatic carbocycles. The van der Waals surface area contributed by atoms with Gasteiger partial charge in [0.25, 0.3) is 5.91 Å². The first-order chi connectivity index (χ1) is 13.2. The monoisotopic (exact) mass is 426 g/mol. The summed E-state index contributed by atoms with van der Waals surface area (Å²) in [6.07, 6.45) is 1.04. The summed E-state index contributed by atoms with van der Waals surface area (Å²) >= 11 is 0.957. The molecule has 0 aliphatic heterocycles. The van der Waals surface area contributed by atoms with Crippen LogP contribution in [0.25, 0.3) is 10.2 Å². The van der Waals surface area contributed by atoms with E-state index in [-0.39, 0.29) is 33.9 Å². The smallest absolute Gasteiger partial charge is 0.279 e. The molecule has 1 heterocycles. The van der Waals surface area contributed by atoms with Crippen LogP contribution in [-0.4, -0.2) is 38.9 Å². The molecule has 0 radical (unpaired) electrons. The fourth-order valence-electron chi connectivity index (χ4n) is 2.62. The van der Waals surface area contributed by atoms with Crippen molar-refractivity contribution in [3.05, 3.63) is 58.4 Å². The van der Waals surface area contributed by atoms with Crippen molar-refractivity contribution in [2.24, 2.45) is 4.99 Å². The topological polar surface area (TPSA) is 77.7 Å². The zero-order chi connectivity index (χ0) is 20.5. The number of carbonyl (C=O) groups is 1. The number of halogens is 2. The van der Waals surface area contributed by atoms with Crippen LogP contribution in [0.15, 0.2) is 46.3 Å². The molecule has 0 saturated carbocycles. The van der Waals surface area contributed by atoms with Gasteiger partial charge in [0.05, 0.1) is 21.7 Å². The zero-order valence-electron chi connectivity index (χ0n) is 15.0. The van der Waals surface area contributed by atoms with E-state index in [4.69, 9.17) is 4.74 Å². The SMILES string of the molecule is COCCn1c(=NC(=O)c2cccc(S(C)(=O)=O)c2)sc2cc(F)cc(F)c21. The Hall–Kier alpha value is -2.43.